The van der Waals surface area contributed by atoms with Gasteiger partial charge in [-0.25, -0.2) is 0 Å². The summed E-state index contributed by atoms with van der Waals surface area (Å²) in [4.78, 5) is 11.8. The molecule has 0 atom stereocenters. The number of esters is 1. The third-order valence-electron chi connectivity index (χ3n) is 2.89. The molecular weight excluding hydrogens is 178 g/mol. The molecule has 82 valence electrons. The van der Waals surface area contributed by atoms with Crippen molar-refractivity contribution in [3.05, 3.63) is 0 Å². The SMILES string of the molecule is CCNC1(C(=O)OCC)CCCCC1. The molecule has 0 spiro atoms. The molecule has 1 aliphatic carbocycles. The fourth-order valence-electron chi connectivity index (χ4n) is 2.22. The van der Waals surface area contributed by atoms with E-state index in [1.54, 1.807) is 0 Å². The summed E-state index contributed by atoms with van der Waals surface area (Å²) in [5, 5.41) is 3.31. The Hall–Kier alpha value is -0.570. The third kappa shape index (κ3) is 2.47. The maximum Gasteiger partial charge on any atom is 0.326 e. The molecule has 0 heterocycles. The standard InChI is InChI=1S/C11H21NO2/c1-3-12-11(10(13)14-4-2)8-6-5-7-9-11/h12H,3-9H2,1-2H3. The van der Waals surface area contributed by atoms with Gasteiger partial charge in [0.2, 0.25) is 0 Å². The van der Waals surface area contributed by atoms with E-state index < -0.39 is 0 Å². The van der Waals surface area contributed by atoms with E-state index in [-0.39, 0.29) is 11.5 Å². The van der Waals surface area contributed by atoms with E-state index in [0.29, 0.717) is 6.61 Å². The molecule has 3 nitrogen and oxygen atoms in total. The van der Waals surface area contributed by atoms with Crippen molar-refractivity contribution in [2.75, 3.05) is 13.2 Å². The van der Waals surface area contributed by atoms with Gasteiger partial charge in [-0.05, 0) is 26.3 Å². The van der Waals surface area contributed by atoms with Crippen molar-refractivity contribution in [1.82, 2.24) is 5.32 Å². The average Bonchev–Trinajstić information content (AvgIpc) is 2.20. The lowest BCUT2D eigenvalue weighted by atomic mass is 9.81. The van der Waals surface area contributed by atoms with Gasteiger partial charge in [0.1, 0.15) is 5.54 Å². The van der Waals surface area contributed by atoms with E-state index in [0.717, 1.165) is 32.2 Å². The fraction of sp³-hybridized carbons (Fsp3) is 0.909. The quantitative estimate of drug-likeness (QED) is 0.702. The van der Waals surface area contributed by atoms with Crippen molar-refractivity contribution in [2.24, 2.45) is 0 Å². The van der Waals surface area contributed by atoms with Crippen LogP contribution in [0.4, 0.5) is 0 Å². The first-order valence-corrected chi connectivity index (χ1v) is 5.67. The lowest BCUT2D eigenvalue weighted by Crippen LogP contribution is -2.54. The number of ether oxygens (including phenoxy) is 1. The van der Waals surface area contributed by atoms with E-state index >= 15 is 0 Å². The molecule has 0 bridgehead atoms. The molecule has 1 saturated carbocycles. The summed E-state index contributed by atoms with van der Waals surface area (Å²) >= 11 is 0. The second-order valence-electron chi connectivity index (χ2n) is 3.89. The van der Waals surface area contributed by atoms with Crippen LogP contribution >= 0.6 is 0 Å². The van der Waals surface area contributed by atoms with Crippen LogP contribution in [-0.4, -0.2) is 24.7 Å². The molecule has 0 aliphatic heterocycles. The van der Waals surface area contributed by atoms with Gasteiger partial charge in [-0.2, -0.15) is 0 Å². The molecule has 0 aromatic carbocycles. The Morgan fingerprint density at radius 1 is 1.29 bits per heavy atom. The monoisotopic (exact) mass is 199 g/mol. The number of rotatable bonds is 4. The molecule has 0 saturated heterocycles. The number of carbonyl (C=O) groups excluding carboxylic acids is 1. The summed E-state index contributed by atoms with van der Waals surface area (Å²) < 4.78 is 5.14. The van der Waals surface area contributed by atoms with Gasteiger partial charge in [-0.3, -0.25) is 4.79 Å². The van der Waals surface area contributed by atoms with Gasteiger partial charge in [0.15, 0.2) is 0 Å². The van der Waals surface area contributed by atoms with E-state index in [4.69, 9.17) is 4.74 Å². The Bertz CT molecular complexity index is 180. The number of carbonyl (C=O) groups is 1. The lowest BCUT2D eigenvalue weighted by Gasteiger charge is -2.35. The van der Waals surface area contributed by atoms with Gasteiger partial charge in [0, 0.05) is 0 Å². The van der Waals surface area contributed by atoms with E-state index in [2.05, 4.69) is 5.32 Å². The van der Waals surface area contributed by atoms with Crippen molar-refractivity contribution in [1.29, 1.82) is 0 Å². The van der Waals surface area contributed by atoms with E-state index in [1.165, 1.54) is 6.42 Å². The normalized spacial score (nSPS) is 20.4. The van der Waals surface area contributed by atoms with Crippen molar-refractivity contribution >= 4 is 5.97 Å². The maximum absolute atomic E-state index is 11.8. The van der Waals surface area contributed by atoms with Crippen LogP contribution in [0.1, 0.15) is 46.0 Å². The van der Waals surface area contributed by atoms with Gasteiger partial charge in [-0.1, -0.05) is 26.2 Å². The topological polar surface area (TPSA) is 38.3 Å². The molecule has 1 fully saturated rings. The molecule has 14 heavy (non-hydrogen) atoms. The van der Waals surface area contributed by atoms with Crippen molar-refractivity contribution < 1.29 is 9.53 Å². The second-order valence-corrected chi connectivity index (χ2v) is 3.89. The molecule has 0 amide bonds. The summed E-state index contributed by atoms with van der Waals surface area (Å²) in [6.45, 7) is 5.21. The van der Waals surface area contributed by atoms with Crippen molar-refractivity contribution in [3.63, 3.8) is 0 Å². The van der Waals surface area contributed by atoms with Crippen LogP contribution in [0.25, 0.3) is 0 Å². The Kier molecular flexibility index (Phi) is 4.39. The van der Waals surface area contributed by atoms with E-state index in [1.807, 2.05) is 13.8 Å². The molecular formula is C11H21NO2. The van der Waals surface area contributed by atoms with Crippen LogP contribution in [0.3, 0.4) is 0 Å². The van der Waals surface area contributed by atoms with Crippen LogP contribution in [0.5, 0.6) is 0 Å². The number of likely N-dealkylation sites (N-methyl/N-ethyl adjacent to an activating group) is 1. The van der Waals surface area contributed by atoms with Crippen LogP contribution in [-0.2, 0) is 9.53 Å². The molecule has 0 aromatic heterocycles. The van der Waals surface area contributed by atoms with E-state index in [9.17, 15) is 4.79 Å². The predicted octanol–water partition coefficient (Wildman–Crippen LogP) is 1.86. The van der Waals surface area contributed by atoms with Gasteiger partial charge in [0.05, 0.1) is 6.61 Å². The number of hydrogen-bond acceptors (Lipinski definition) is 3. The molecule has 0 radical (unpaired) electrons. The molecule has 3 heteroatoms. The Morgan fingerprint density at radius 3 is 2.43 bits per heavy atom. The minimum Gasteiger partial charge on any atom is -0.465 e. The number of hydrogen-bond donors (Lipinski definition) is 1. The second kappa shape index (κ2) is 5.35. The van der Waals surface area contributed by atoms with Crippen LogP contribution in [0.2, 0.25) is 0 Å². The smallest absolute Gasteiger partial charge is 0.326 e. The maximum atomic E-state index is 11.8. The molecule has 1 aliphatic rings. The zero-order valence-corrected chi connectivity index (χ0v) is 9.27. The van der Waals surface area contributed by atoms with Crippen molar-refractivity contribution in [2.45, 2.75) is 51.5 Å². The lowest BCUT2D eigenvalue weighted by molar-refractivity contribution is -0.152. The van der Waals surface area contributed by atoms with Crippen LogP contribution in [0.15, 0.2) is 0 Å². The average molecular weight is 199 g/mol. The molecule has 1 N–H and O–H groups in total. The van der Waals surface area contributed by atoms with Crippen LogP contribution in [0, 0.1) is 0 Å². The zero-order chi connectivity index (χ0) is 10.4. The third-order valence-corrected chi connectivity index (χ3v) is 2.89. The fourth-order valence-corrected chi connectivity index (χ4v) is 2.22. The van der Waals surface area contributed by atoms with Crippen molar-refractivity contribution in [3.8, 4) is 0 Å². The predicted molar refractivity (Wildman–Crippen MR) is 56.1 cm³/mol. The summed E-state index contributed by atoms with van der Waals surface area (Å²) in [5.74, 6) is -0.0541. The summed E-state index contributed by atoms with van der Waals surface area (Å²) in [6, 6.07) is 0. The summed E-state index contributed by atoms with van der Waals surface area (Å²) in [5.41, 5.74) is -0.372. The highest BCUT2D eigenvalue weighted by molar-refractivity contribution is 5.81. The number of nitrogens with one attached hydrogen (secondary N) is 1. The zero-order valence-electron chi connectivity index (χ0n) is 9.27. The summed E-state index contributed by atoms with van der Waals surface area (Å²) in [6.07, 6.45) is 5.36. The van der Waals surface area contributed by atoms with Gasteiger partial charge >= 0.3 is 5.97 Å². The Balaban J connectivity index is 2.63. The largest absolute Gasteiger partial charge is 0.465 e. The highest BCUT2D eigenvalue weighted by Crippen LogP contribution is 2.29. The first kappa shape index (κ1) is 11.5. The van der Waals surface area contributed by atoms with Crippen LogP contribution < -0.4 is 5.32 Å². The van der Waals surface area contributed by atoms with Gasteiger partial charge in [0.25, 0.3) is 0 Å². The Morgan fingerprint density at radius 2 is 1.93 bits per heavy atom. The Labute approximate surface area is 86.2 Å². The first-order valence-electron chi connectivity index (χ1n) is 5.67. The molecule has 1 rings (SSSR count). The molecule has 0 unspecified atom stereocenters. The minimum atomic E-state index is -0.372. The summed E-state index contributed by atoms with van der Waals surface area (Å²) in [7, 11) is 0. The highest BCUT2D eigenvalue weighted by atomic mass is 16.5. The van der Waals surface area contributed by atoms with Gasteiger partial charge in [-0.15, -0.1) is 0 Å². The minimum absolute atomic E-state index is 0.0541. The highest BCUT2D eigenvalue weighted by Gasteiger charge is 2.39. The first-order chi connectivity index (χ1) is 6.75. The van der Waals surface area contributed by atoms with Gasteiger partial charge < -0.3 is 10.1 Å². The molecule has 0 aromatic rings.